The third-order valence-electron chi connectivity index (χ3n) is 5.06. The molecule has 4 rings (SSSR count). The smallest absolute Gasteiger partial charge is 0.210 e. The van der Waals surface area contributed by atoms with Crippen LogP contribution in [0.3, 0.4) is 0 Å². The van der Waals surface area contributed by atoms with Crippen molar-refractivity contribution in [2.24, 2.45) is 0 Å². The molecule has 0 unspecified atom stereocenters. The van der Waals surface area contributed by atoms with E-state index in [0.717, 1.165) is 50.2 Å². The molecule has 0 atom stereocenters. The Bertz CT molecular complexity index is 1040. The second kappa shape index (κ2) is 7.64. The maximum absolute atomic E-state index is 13.1. The molecule has 2 heterocycles. The molecule has 0 amide bonds. The van der Waals surface area contributed by atoms with Crippen molar-refractivity contribution in [1.29, 1.82) is 0 Å². The van der Waals surface area contributed by atoms with Gasteiger partial charge in [-0.3, -0.25) is 0 Å². The number of nitrogens with zero attached hydrogens (tertiary/aromatic N) is 1. The van der Waals surface area contributed by atoms with Gasteiger partial charge < -0.3 is 15.2 Å². The summed E-state index contributed by atoms with van der Waals surface area (Å²) in [7, 11) is -3.69. The summed E-state index contributed by atoms with van der Waals surface area (Å²) in [4.78, 5) is 5.94. The number of hydrogen-bond acceptors (Lipinski definition) is 4. The minimum atomic E-state index is -3.69. The van der Waals surface area contributed by atoms with Gasteiger partial charge in [-0.2, -0.15) is 0 Å². The molecule has 2 aromatic carbocycles. The highest BCUT2D eigenvalue weighted by Gasteiger charge is 2.26. The van der Waals surface area contributed by atoms with Crippen LogP contribution >= 0.6 is 11.6 Å². The molecule has 0 spiro atoms. The van der Waals surface area contributed by atoms with E-state index in [4.69, 9.17) is 11.6 Å². The van der Waals surface area contributed by atoms with E-state index in [9.17, 15) is 8.42 Å². The number of aromatic nitrogens is 1. The predicted molar refractivity (Wildman–Crippen MR) is 108 cm³/mol. The lowest BCUT2D eigenvalue weighted by Gasteiger charge is -2.27. The number of nitrogens with one attached hydrogen (secondary N) is 2. The van der Waals surface area contributed by atoms with Gasteiger partial charge in [-0.05, 0) is 24.1 Å². The topological polar surface area (TPSA) is 65.2 Å². The van der Waals surface area contributed by atoms with Gasteiger partial charge in [0.2, 0.25) is 9.84 Å². The zero-order valence-electron chi connectivity index (χ0n) is 14.9. The average Bonchev–Trinajstić information content (AvgIpc) is 3.05. The normalized spacial score (nSPS) is 16.0. The van der Waals surface area contributed by atoms with Crippen molar-refractivity contribution in [2.75, 3.05) is 32.7 Å². The lowest BCUT2D eigenvalue weighted by Crippen LogP contribution is -2.44. The highest BCUT2D eigenvalue weighted by atomic mass is 35.5. The maximum atomic E-state index is 13.1. The first kappa shape index (κ1) is 18.5. The van der Waals surface area contributed by atoms with Crippen molar-refractivity contribution < 1.29 is 8.42 Å². The molecule has 3 aromatic rings. The molecule has 1 saturated heterocycles. The number of halogens is 1. The van der Waals surface area contributed by atoms with Crippen LogP contribution in [0.5, 0.6) is 0 Å². The maximum Gasteiger partial charge on any atom is 0.210 e. The van der Waals surface area contributed by atoms with Gasteiger partial charge in [0.25, 0.3) is 0 Å². The van der Waals surface area contributed by atoms with Crippen molar-refractivity contribution in [3.63, 3.8) is 0 Å². The minimum absolute atomic E-state index is 0.161. The SMILES string of the molecule is O=S(=O)(c1ccccc1)c1c(Cl)[nH]c2c(CCN3CCNCC3)cccc12. The van der Waals surface area contributed by atoms with Crippen LogP contribution in [0.4, 0.5) is 0 Å². The third kappa shape index (κ3) is 3.62. The number of sulfone groups is 1. The second-order valence-electron chi connectivity index (χ2n) is 6.77. The Hall–Kier alpha value is -1.86. The number of para-hydroxylation sites is 1. The van der Waals surface area contributed by atoms with Gasteiger partial charge in [0, 0.05) is 38.1 Å². The van der Waals surface area contributed by atoms with Crippen molar-refractivity contribution in [3.05, 3.63) is 59.2 Å². The Labute approximate surface area is 164 Å². The van der Waals surface area contributed by atoms with Crippen molar-refractivity contribution in [1.82, 2.24) is 15.2 Å². The fraction of sp³-hybridized carbons (Fsp3) is 0.300. The Morgan fingerprint density at radius 1 is 1.00 bits per heavy atom. The predicted octanol–water partition coefficient (Wildman–Crippen LogP) is 3.10. The first-order chi connectivity index (χ1) is 13.1. The first-order valence-electron chi connectivity index (χ1n) is 9.09. The standard InChI is InChI=1S/C20H22ClN3O2S/c21-20-19(27(25,26)16-6-2-1-3-7-16)17-8-4-5-15(18(17)23-20)9-12-24-13-10-22-11-14-24/h1-8,22-23H,9-14H2. The van der Waals surface area contributed by atoms with Gasteiger partial charge in [-0.1, -0.05) is 48.0 Å². The molecule has 7 heteroatoms. The van der Waals surface area contributed by atoms with Gasteiger partial charge in [-0.25, -0.2) is 8.42 Å². The monoisotopic (exact) mass is 403 g/mol. The molecule has 0 radical (unpaired) electrons. The number of fused-ring (bicyclic) bond motifs is 1. The summed E-state index contributed by atoms with van der Waals surface area (Å²) >= 11 is 6.37. The first-order valence-corrected chi connectivity index (χ1v) is 11.0. The average molecular weight is 404 g/mol. The van der Waals surface area contributed by atoms with Gasteiger partial charge in [-0.15, -0.1) is 0 Å². The van der Waals surface area contributed by atoms with Crippen LogP contribution in [0.25, 0.3) is 10.9 Å². The number of rotatable bonds is 5. The van der Waals surface area contributed by atoms with Gasteiger partial charge in [0.05, 0.1) is 10.4 Å². The molecule has 2 N–H and O–H groups in total. The van der Waals surface area contributed by atoms with E-state index >= 15 is 0 Å². The molecular weight excluding hydrogens is 382 g/mol. The summed E-state index contributed by atoms with van der Waals surface area (Å²) in [6.07, 6.45) is 0.846. The summed E-state index contributed by atoms with van der Waals surface area (Å²) in [6, 6.07) is 14.2. The lowest BCUT2D eigenvalue weighted by atomic mass is 10.1. The van der Waals surface area contributed by atoms with Crippen molar-refractivity contribution in [3.8, 4) is 0 Å². The van der Waals surface area contributed by atoms with Crippen LogP contribution in [-0.4, -0.2) is 51.0 Å². The van der Waals surface area contributed by atoms with Gasteiger partial charge in [0.1, 0.15) is 10.0 Å². The Balaban J connectivity index is 1.71. The molecule has 1 fully saturated rings. The molecule has 27 heavy (non-hydrogen) atoms. The summed E-state index contributed by atoms with van der Waals surface area (Å²) in [5.74, 6) is 0. The summed E-state index contributed by atoms with van der Waals surface area (Å²) < 4.78 is 26.3. The molecule has 142 valence electrons. The van der Waals surface area contributed by atoms with Crippen molar-refractivity contribution in [2.45, 2.75) is 16.2 Å². The van der Waals surface area contributed by atoms with E-state index in [1.54, 1.807) is 30.3 Å². The Morgan fingerprint density at radius 2 is 1.74 bits per heavy atom. The zero-order chi connectivity index (χ0) is 18.9. The van der Waals surface area contributed by atoms with Gasteiger partial charge in [0.15, 0.2) is 0 Å². The van der Waals surface area contributed by atoms with E-state index < -0.39 is 9.84 Å². The molecule has 0 aliphatic carbocycles. The largest absolute Gasteiger partial charge is 0.344 e. The van der Waals surface area contributed by atoms with Crippen LogP contribution in [0.2, 0.25) is 5.15 Å². The number of hydrogen-bond donors (Lipinski definition) is 2. The second-order valence-corrected chi connectivity index (χ2v) is 9.03. The van der Waals surface area contributed by atoms with Crippen LogP contribution in [0, 0.1) is 0 Å². The molecule has 5 nitrogen and oxygen atoms in total. The van der Waals surface area contributed by atoms with E-state index in [1.165, 1.54) is 0 Å². The number of H-pyrrole nitrogens is 1. The highest BCUT2D eigenvalue weighted by molar-refractivity contribution is 7.91. The molecule has 1 aromatic heterocycles. The van der Waals surface area contributed by atoms with Crippen LogP contribution in [0.1, 0.15) is 5.56 Å². The Kier molecular flexibility index (Phi) is 5.23. The fourth-order valence-electron chi connectivity index (χ4n) is 3.62. The minimum Gasteiger partial charge on any atom is -0.344 e. The van der Waals surface area contributed by atoms with Gasteiger partial charge >= 0.3 is 0 Å². The van der Waals surface area contributed by atoms with E-state index in [2.05, 4.69) is 15.2 Å². The van der Waals surface area contributed by atoms with Crippen LogP contribution in [-0.2, 0) is 16.3 Å². The number of piperazine rings is 1. The molecule has 1 aliphatic rings. The van der Waals surface area contributed by atoms with Crippen LogP contribution < -0.4 is 5.32 Å². The van der Waals surface area contributed by atoms with E-state index in [1.807, 2.05) is 18.2 Å². The van der Waals surface area contributed by atoms with Crippen molar-refractivity contribution >= 4 is 32.3 Å². The fourth-order valence-corrected chi connectivity index (χ4v) is 5.62. The van der Waals surface area contributed by atoms with Crippen LogP contribution in [0.15, 0.2) is 58.3 Å². The molecule has 0 bridgehead atoms. The molecular formula is C20H22ClN3O2S. The molecule has 0 saturated carbocycles. The highest BCUT2D eigenvalue weighted by Crippen LogP contribution is 2.35. The number of aromatic amines is 1. The summed E-state index contributed by atoms with van der Waals surface area (Å²) in [5.41, 5.74) is 1.90. The summed E-state index contributed by atoms with van der Waals surface area (Å²) in [5, 5.41) is 4.18. The molecule has 1 aliphatic heterocycles. The third-order valence-corrected chi connectivity index (χ3v) is 7.31. The van der Waals surface area contributed by atoms with E-state index in [0.29, 0.717) is 5.39 Å². The van der Waals surface area contributed by atoms with E-state index in [-0.39, 0.29) is 14.9 Å². The zero-order valence-corrected chi connectivity index (χ0v) is 16.5. The summed E-state index contributed by atoms with van der Waals surface area (Å²) in [6.45, 7) is 5.04. The number of benzene rings is 2. The lowest BCUT2D eigenvalue weighted by molar-refractivity contribution is 0.244. The Morgan fingerprint density at radius 3 is 2.48 bits per heavy atom. The quantitative estimate of drug-likeness (QED) is 0.687.